The maximum absolute atomic E-state index is 13.0. The van der Waals surface area contributed by atoms with Gasteiger partial charge in [-0.2, -0.15) is 13.2 Å². The van der Waals surface area contributed by atoms with E-state index in [0.29, 0.717) is 10.1 Å². The summed E-state index contributed by atoms with van der Waals surface area (Å²) in [5.74, 6) is 0.124. The molecule has 4 nitrogen and oxygen atoms in total. The zero-order valence-electron chi connectivity index (χ0n) is 11.2. The first-order valence-electron chi connectivity index (χ1n) is 6.77. The average molecular weight is 297 g/mol. The number of aromatic nitrogens is 2. The first-order valence-corrected chi connectivity index (χ1v) is 6.77. The Balaban J connectivity index is 2.15. The lowest BCUT2D eigenvalue weighted by atomic mass is 9.94. The quantitative estimate of drug-likeness (QED) is 0.877. The number of piperidine rings is 1. The van der Waals surface area contributed by atoms with Crippen molar-refractivity contribution in [1.82, 2.24) is 14.7 Å². The highest BCUT2D eigenvalue weighted by atomic mass is 19.4. The smallest absolute Gasteiger partial charge is 0.317 e. The molecule has 0 bridgehead atoms. The van der Waals surface area contributed by atoms with Crippen LogP contribution >= 0.6 is 0 Å². The molecule has 0 unspecified atom stereocenters. The Bertz CT molecular complexity index is 717. The van der Waals surface area contributed by atoms with Crippen molar-refractivity contribution in [2.24, 2.45) is 0 Å². The number of fused-ring (bicyclic) bond motifs is 1. The number of alkyl halides is 3. The van der Waals surface area contributed by atoms with E-state index in [-0.39, 0.29) is 11.6 Å². The van der Waals surface area contributed by atoms with Gasteiger partial charge in [0.15, 0.2) is 0 Å². The Kier molecular flexibility index (Phi) is 3.44. The average Bonchev–Trinajstić information content (AvgIpc) is 2.46. The maximum atomic E-state index is 13.0. The molecule has 2 aromatic rings. The Hall–Kier alpha value is -1.89. The summed E-state index contributed by atoms with van der Waals surface area (Å²) in [5, 5.41) is 3.21. The molecule has 21 heavy (non-hydrogen) atoms. The van der Waals surface area contributed by atoms with Crippen LogP contribution in [0.3, 0.4) is 0 Å². The van der Waals surface area contributed by atoms with E-state index in [0.717, 1.165) is 32.0 Å². The number of pyridine rings is 1. The minimum Gasteiger partial charge on any atom is -0.317 e. The van der Waals surface area contributed by atoms with Crippen molar-refractivity contribution in [1.29, 1.82) is 0 Å². The molecule has 0 spiro atoms. The standard InChI is InChI=1S/C14H14F3N3O/c15-14(16,17)11-2-1-3-12-19-10(8-13(21)20(11)12)9-4-6-18-7-5-9/h1-3,8-9,18H,4-7H2. The van der Waals surface area contributed by atoms with Gasteiger partial charge in [0.1, 0.15) is 11.3 Å². The number of hydrogen-bond acceptors (Lipinski definition) is 3. The summed E-state index contributed by atoms with van der Waals surface area (Å²) in [6.45, 7) is 1.66. The molecule has 2 aromatic heterocycles. The van der Waals surface area contributed by atoms with Gasteiger partial charge in [-0.25, -0.2) is 4.98 Å². The van der Waals surface area contributed by atoms with Crippen molar-refractivity contribution in [3.63, 3.8) is 0 Å². The van der Waals surface area contributed by atoms with Gasteiger partial charge in [-0.3, -0.25) is 9.20 Å². The molecule has 7 heteroatoms. The van der Waals surface area contributed by atoms with Gasteiger partial charge in [0, 0.05) is 12.0 Å². The normalized spacial score (nSPS) is 17.3. The van der Waals surface area contributed by atoms with Crippen molar-refractivity contribution in [2.75, 3.05) is 13.1 Å². The van der Waals surface area contributed by atoms with E-state index in [1.165, 1.54) is 18.2 Å². The summed E-state index contributed by atoms with van der Waals surface area (Å²) >= 11 is 0. The topological polar surface area (TPSA) is 46.4 Å². The predicted molar refractivity (Wildman–Crippen MR) is 71.3 cm³/mol. The van der Waals surface area contributed by atoms with Gasteiger partial charge in [0.25, 0.3) is 5.56 Å². The second-order valence-corrected chi connectivity index (χ2v) is 5.15. The SMILES string of the molecule is O=c1cc(C2CCNCC2)nc2cccc(C(F)(F)F)n12. The zero-order chi connectivity index (χ0) is 15.0. The molecule has 0 atom stereocenters. The van der Waals surface area contributed by atoms with E-state index < -0.39 is 17.4 Å². The third-order valence-corrected chi connectivity index (χ3v) is 3.75. The van der Waals surface area contributed by atoms with Gasteiger partial charge in [-0.15, -0.1) is 0 Å². The summed E-state index contributed by atoms with van der Waals surface area (Å²) in [4.78, 5) is 16.4. The van der Waals surface area contributed by atoms with Crippen LogP contribution < -0.4 is 10.9 Å². The third kappa shape index (κ3) is 2.65. The van der Waals surface area contributed by atoms with Crippen molar-refractivity contribution < 1.29 is 13.2 Å². The molecule has 0 amide bonds. The number of rotatable bonds is 1. The monoisotopic (exact) mass is 297 g/mol. The van der Waals surface area contributed by atoms with E-state index >= 15 is 0 Å². The molecule has 1 saturated heterocycles. The Morgan fingerprint density at radius 2 is 1.95 bits per heavy atom. The molecule has 3 heterocycles. The molecule has 1 N–H and O–H groups in total. The van der Waals surface area contributed by atoms with E-state index in [2.05, 4.69) is 10.3 Å². The largest absolute Gasteiger partial charge is 0.431 e. The highest BCUT2D eigenvalue weighted by Crippen LogP contribution is 2.29. The van der Waals surface area contributed by atoms with Crippen LogP contribution in [0, 0.1) is 0 Å². The molecule has 1 fully saturated rings. The molecule has 3 rings (SSSR count). The lowest BCUT2D eigenvalue weighted by Crippen LogP contribution is -2.29. The number of hydrogen-bond donors (Lipinski definition) is 1. The second kappa shape index (κ2) is 5.14. The predicted octanol–water partition coefficient (Wildman–Crippen LogP) is 2.18. The van der Waals surface area contributed by atoms with Gasteiger partial charge in [0.2, 0.25) is 0 Å². The first kappa shape index (κ1) is 14.1. The number of nitrogens with one attached hydrogen (secondary N) is 1. The van der Waals surface area contributed by atoms with Crippen molar-refractivity contribution in [2.45, 2.75) is 24.9 Å². The van der Waals surface area contributed by atoms with E-state index in [4.69, 9.17) is 0 Å². The molecule has 0 aliphatic carbocycles. The number of nitrogens with zero attached hydrogens (tertiary/aromatic N) is 2. The minimum absolute atomic E-state index is 0.0471. The fourth-order valence-corrected chi connectivity index (χ4v) is 2.72. The van der Waals surface area contributed by atoms with E-state index in [9.17, 15) is 18.0 Å². The summed E-state index contributed by atoms with van der Waals surface area (Å²) in [6.07, 6.45) is -2.91. The molecule has 0 aromatic carbocycles. The molecular weight excluding hydrogens is 283 g/mol. The molecule has 1 aliphatic heterocycles. The van der Waals surface area contributed by atoms with E-state index in [1.807, 2.05) is 0 Å². The summed E-state index contributed by atoms with van der Waals surface area (Å²) < 4.78 is 39.5. The van der Waals surface area contributed by atoms with Crippen LogP contribution in [0.25, 0.3) is 5.65 Å². The molecule has 0 radical (unpaired) electrons. The molecule has 112 valence electrons. The van der Waals surface area contributed by atoms with Crippen LogP contribution in [0.4, 0.5) is 13.2 Å². The lowest BCUT2D eigenvalue weighted by molar-refractivity contribution is -0.142. The highest BCUT2D eigenvalue weighted by Gasteiger charge is 2.34. The van der Waals surface area contributed by atoms with Crippen LogP contribution in [0.5, 0.6) is 0 Å². The minimum atomic E-state index is -4.58. The van der Waals surface area contributed by atoms with Crippen LogP contribution in [-0.4, -0.2) is 22.5 Å². The van der Waals surface area contributed by atoms with Crippen LogP contribution in [0.2, 0.25) is 0 Å². The maximum Gasteiger partial charge on any atom is 0.431 e. The Morgan fingerprint density at radius 1 is 1.24 bits per heavy atom. The highest BCUT2D eigenvalue weighted by molar-refractivity contribution is 5.41. The summed E-state index contributed by atoms with van der Waals surface area (Å²) in [7, 11) is 0. The molecule has 0 saturated carbocycles. The zero-order valence-corrected chi connectivity index (χ0v) is 11.2. The summed E-state index contributed by atoms with van der Waals surface area (Å²) in [5.41, 5.74) is -1.04. The fraction of sp³-hybridized carbons (Fsp3) is 0.429. The van der Waals surface area contributed by atoms with Gasteiger partial charge < -0.3 is 5.32 Å². The molecule has 1 aliphatic rings. The Morgan fingerprint density at radius 3 is 2.62 bits per heavy atom. The van der Waals surface area contributed by atoms with Crippen LogP contribution in [0.1, 0.15) is 30.1 Å². The second-order valence-electron chi connectivity index (χ2n) is 5.15. The fourth-order valence-electron chi connectivity index (χ4n) is 2.72. The lowest BCUT2D eigenvalue weighted by Gasteiger charge is -2.22. The summed E-state index contributed by atoms with van der Waals surface area (Å²) in [6, 6.07) is 4.83. The van der Waals surface area contributed by atoms with Crippen LogP contribution in [0.15, 0.2) is 29.1 Å². The first-order chi connectivity index (χ1) is 9.97. The van der Waals surface area contributed by atoms with Gasteiger partial charge in [-0.05, 0) is 38.1 Å². The third-order valence-electron chi connectivity index (χ3n) is 3.75. The van der Waals surface area contributed by atoms with Gasteiger partial charge in [0.05, 0.1) is 5.69 Å². The van der Waals surface area contributed by atoms with Gasteiger partial charge in [-0.1, -0.05) is 6.07 Å². The van der Waals surface area contributed by atoms with Crippen LogP contribution in [-0.2, 0) is 6.18 Å². The van der Waals surface area contributed by atoms with Gasteiger partial charge >= 0.3 is 6.18 Å². The van der Waals surface area contributed by atoms with Crippen molar-refractivity contribution in [3.8, 4) is 0 Å². The van der Waals surface area contributed by atoms with Crippen molar-refractivity contribution in [3.05, 3.63) is 46.0 Å². The van der Waals surface area contributed by atoms with E-state index in [1.54, 1.807) is 0 Å². The van der Waals surface area contributed by atoms with Crippen molar-refractivity contribution >= 4 is 5.65 Å². The molecular formula is C14H14F3N3O. The Labute approximate surface area is 118 Å². The number of halogens is 3.